The molecule has 1 saturated heterocycles. The molecule has 0 saturated carbocycles. The van der Waals surface area contributed by atoms with E-state index in [0.29, 0.717) is 0 Å². The molecule has 2 aromatic rings. The lowest BCUT2D eigenvalue weighted by Crippen LogP contribution is -2.43. The second-order valence-corrected chi connectivity index (χ2v) is 6.96. The van der Waals surface area contributed by atoms with Crippen LogP contribution in [0.4, 0.5) is 0 Å². The van der Waals surface area contributed by atoms with E-state index in [0.717, 1.165) is 48.6 Å². The predicted molar refractivity (Wildman–Crippen MR) is 98.0 cm³/mol. The number of aromatic nitrogens is 1. The highest BCUT2D eigenvalue weighted by Crippen LogP contribution is 2.23. The van der Waals surface area contributed by atoms with Crippen LogP contribution in [0.25, 0.3) is 5.69 Å². The summed E-state index contributed by atoms with van der Waals surface area (Å²) in [6.07, 6.45) is 2.05. The Balaban J connectivity index is 1.84. The standard InChI is InChI=1S/C20H27N3O/c1-14-7-5-6-8-19(14)23-15(2)13-18(16(23)3)20(24)21-17-9-11-22(4)12-10-17/h5-8,13,17H,9-12H2,1-4H3,(H,21,24). The first-order chi connectivity index (χ1) is 11.5. The molecule has 4 heteroatoms. The van der Waals surface area contributed by atoms with E-state index in [9.17, 15) is 4.79 Å². The average molecular weight is 325 g/mol. The Bertz CT molecular complexity index is 739. The molecular formula is C20H27N3O. The largest absolute Gasteiger partial charge is 0.349 e. The van der Waals surface area contributed by atoms with E-state index in [1.54, 1.807) is 0 Å². The van der Waals surface area contributed by atoms with E-state index in [-0.39, 0.29) is 11.9 Å². The number of carbonyl (C=O) groups excluding carboxylic acids is 1. The first-order valence-corrected chi connectivity index (χ1v) is 8.71. The summed E-state index contributed by atoms with van der Waals surface area (Å²) in [6.45, 7) is 8.29. The Labute approximate surface area is 144 Å². The minimum Gasteiger partial charge on any atom is -0.349 e. The number of para-hydroxylation sites is 1. The molecule has 0 unspecified atom stereocenters. The number of aryl methyl sites for hydroxylation is 2. The third-order valence-corrected chi connectivity index (χ3v) is 5.09. The third kappa shape index (κ3) is 3.24. The zero-order chi connectivity index (χ0) is 17.3. The van der Waals surface area contributed by atoms with Gasteiger partial charge < -0.3 is 14.8 Å². The fourth-order valence-corrected chi connectivity index (χ4v) is 3.59. The Kier molecular flexibility index (Phi) is 4.76. The number of likely N-dealkylation sites (tertiary alicyclic amines) is 1. The lowest BCUT2D eigenvalue weighted by Gasteiger charge is -2.29. The van der Waals surface area contributed by atoms with E-state index < -0.39 is 0 Å². The first-order valence-electron chi connectivity index (χ1n) is 8.71. The van der Waals surface area contributed by atoms with Crippen molar-refractivity contribution in [3.05, 3.63) is 52.8 Å². The van der Waals surface area contributed by atoms with Crippen molar-refractivity contribution in [2.75, 3.05) is 20.1 Å². The number of hydrogen-bond acceptors (Lipinski definition) is 2. The van der Waals surface area contributed by atoms with Gasteiger partial charge in [-0.1, -0.05) is 18.2 Å². The molecule has 4 nitrogen and oxygen atoms in total. The quantitative estimate of drug-likeness (QED) is 0.941. The SMILES string of the molecule is Cc1ccccc1-n1c(C)cc(C(=O)NC2CCN(C)CC2)c1C. The second-order valence-electron chi connectivity index (χ2n) is 6.96. The fraction of sp³-hybridized carbons (Fsp3) is 0.450. The summed E-state index contributed by atoms with van der Waals surface area (Å²) < 4.78 is 2.18. The van der Waals surface area contributed by atoms with E-state index >= 15 is 0 Å². The molecule has 1 aromatic carbocycles. The molecule has 0 aliphatic carbocycles. The summed E-state index contributed by atoms with van der Waals surface area (Å²) in [4.78, 5) is 15.1. The van der Waals surface area contributed by atoms with Crippen LogP contribution in [0.3, 0.4) is 0 Å². The van der Waals surface area contributed by atoms with Gasteiger partial charge in [0, 0.05) is 23.1 Å². The summed E-state index contributed by atoms with van der Waals surface area (Å²) in [6, 6.07) is 10.6. The van der Waals surface area contributed by atoms with Gasteiger partial charge in [-0.3, -0.25) is 4.79 Å². The highest BCUT2D eigenvalue weighted by molar-refractivity contribution is 5.96. The van der Waals surface area contributed by atoms with Crippen LogP contribution in [-0.4, -0.2) is 41.6 Å². The van der Waals surface area contributed by atoms with Crippen LogP contribution in [0.2, 0.25) is 0 Å². The average Bonchev–Trinajstić information content (AvgIpc) is 2.85. The molecule has 2 heterocycles. The van der Waals surface area contributed by atoms with Crippen LogP contribution in [0.15, 0.2) is 30.3 Å². The molecule has 1 aliphatic heterocycles. The minimum atomic E-state index is 0.0532. The van der Waals surface area contributed by atoms with Gasteiger partial charge in [0.1, 0.15) is 0 Å². The first kappa shape index (κ1) is 16.8. The van der Waals surface area contributed by atoms with Crippen LogP contribution in [0.5, 0.6) is 0 Å². The van der Waals surface area contributed by atoms with Crippen LogP contribution in [0.1, 0.15) is 40.2 Å². The van der Waals surface area contributed by atoms with Crippen molar-refractivity contribution in [2.45, 2.75) is 39.7 Å². The highest BCUT2D eigenvalue weighted by Gasteiger charge is 2.22. The smallest absolute Gasteiger partial charge is 0.253 e. The highest BCUT2D eigenvalue weighted by atomic mass is 16.1. The molecule has 0 radical (unpaired) electrons. The van der Waals surface area contributed by atoms with Crippen molar-refractivity contribution in [1.29, 1.82) is 0 Å². The summed E-state index contributed by atoms with van der Waals surface area (Å²) in [5.74, 6) is 0.0532. The van der Waals surface area contributed by atoms with E-state index in [1.807, 2.05) is 25.1 Å². The molecule has 1 aliphatic rings. The number of nitrogens with one attached hydrogen (secondary N) is 1. The normalized spacial score (nSPS) is 16.3. The summed E-state index contributed by atoms with van der Waals surface area (Å²) in [7, 11) is 2.13. The van der Waals surface area contributed by atoms with Crippen molar-refractivity contribution >= 4 is 5.91 Å². The lowest BCUT2D eigenvalue weighted by molar-refractivity contribution is 0.0916. The van der Waals surface area contributed by atoms with Crippen LogP contribution in [0, 0.1) is 20.8 Å². The number of benzene rings is 1. The van der Waals surface area contributed by atoms with Crippen molar-refractivity contribution < 1.29 is 4.79 Å². The molecule has 1 fully saturated rings. The molecule has 0 spiro atoms. The monoisotopic (exact) mass is 325 g/mol. The van der Waals surface area contributed by atoms with Gasteiger partial charge >= 0.3 is 0 Å². The van der Waals surface area contributed by atoms with Crippen molar-refractivity contribution in [3.8, 4) is 5.69 Å². The van der Waals surface area contributed by atoms with Crippen LogP contribution < -0.4 is 5.32 Å². The maximum Gasteiger partial charge on any atom is 0.253 e. The van der Waals surface area contributed by atoms with Crippen LogP contribution >= 0.6 is 0 Å². The number of hydrogen-bond donors (Lipinski definition) is 1. The Morgan fingerprint density at radius 3 is 2.46 bits per heavy atom. The molecule has 0 atom stereocenters. The Morgan fingerprint density at radius 1 is 1.12 bits per heavy atom. The number of amides is 1. The topological polar surface area (TPSA) is 37.3 Å². The van der Waals surface area contributed by atoms with Crippen molar-refractivity contribution in [3.63, 3.8) is 0 Å². The van der Waals surface area contributed by atoms with Gasteiger partial charge in [0.05, 0.1) is 5.56 Å². The van der Waals surface area contributed by atoms with Gasteiger partial charge in [0.2, 0.25) is 0 Å². The fourth-order valence-electron chi connectivity index (χ4n) is 3.59. The third-order valence-electron chi connectivity index (χ3n) is 5.09. The summed E-state index contributed by atoms with van der Waals surface area (Å²) in [5, 5.41) is 3.22. The van der Waals surface area contributed by atoms with Crippen molar-refractivity contribution in [2.24, 2.45) is 0 Å². The maximum atomic E-state index is 12.8. The van der Waals surface area contributed by atoms with Gasteiger partial charge in [-0.15, -0.1) is 0 Å². The zero-order valence-electron chi connectivity index (χ0n) is 15.1. The van der Waals surface area contributed by atoms with E-state index in [2.05, 4.69) is 47.8 Å². The zero-order valence-corrected chi connectivity index (χ0v) is 15.1. The molecule has 3 rings (SSSR count). The molecule has 24 heavy (non-hydrogen) atoms. The van der Waals surface area contributed by atoms with Gasteiger partial charge in [0.25, 0.3) is 5.91 Å². The predicted octanol–water partition coefficient (Wildman–Crippen LogP) is 3.23. The Hall–Kier alpha value is -2.07. The van der Waals surface area contributed by atoms with Gasteiger partial charge in [-0.05, 0) is 71.4 Å². The van der Waals surface area contributed by atoms with Crippen LogP contribution in [-0.2, 0) is 0 Å². The molecular weight excluding hydrogens is 298 g/mol. The molecule has 1 N–H and O–H groups in total. The summed E-state index contributed by atoms with van der Waals surface area (Å²) >= 11 is 0. The molecule has 128 valence electrons. The van der Waals surface area contributed by atoms with E-state index in [1.165, 1.54) is 5.56 Å². The van der Waals surface area contributed by atoms with Crippen molar-refractivity contribution in [1.82, 2.24) is 14.8 Å². The second kappa shape index (κ2) is 6.81. The lowest BCUT2D eigenvalue weighted by atomic mass is 10.0. The molecule has 0 bridgehead atoms. The van der Waals surface area contributed by atoms with E-state index in [4.69, 9.17) is 0 Å². The maximum absolute atomic E-state index is 12.8. The number of carbonyl (C=O) groups is 1. The van der Waals surface area contributed by atoms with Gasteiger partial charge in [-0.2, -0.15) is 0 Å². The summed E-state index contributed by atoms with van der Waals surface area (Å²) in [5.41, 5.74) is 5.24. The minimum absolute atomic E-state index is 0.0532. The molecule has 1 aromatic heterocycles. The number of piperidine rings is 1. The Morgan fingerprint density at radius 2 is 1.79 bits per heavy atom. The molecule has 1 amide bonds. The number of nitrogens with zero attached hydrogens (tertiary/aromatic N) is 2. The number of rotatable bonds is 3. The van der Waals surface area contributed by atoms with Gasteiger partial charge in [0.15, 0.2) is 0 Å². The van der Waals surface area contributed by atoms with Gasteiger partial charge in [-0.25, -0.2) is 0 Å².